The first kappa shape index (κ1) is 10.8. The van der Waals surface area contributed by atoms with E-state index in [0.29, 0.717) is 10.6 Å². The van der Waals surface area contributed by atoms with Crippen molar-refractivity contribution in [2.45, 2.75) is 0 Å². The topological polar surface area (TPSA) is 30.0 Å². The van der Waals surface area contributed by atoms with Gasteiger partial charge in [-0.1, -0.05) is 11.6 Å². The highest BCUT2D eigenvalue weighted by Crippen LogP contribution is 2.15. The number of hydrogen-bond donors (Lipinski definition) is 0. The van der Waals surface area contributed by atoms with Crippen LogP contribution in [0.15, 0.2) is 42.7 Å². The second kappa shape index (κ2) is 4.41. The molecule has 2 aromatic rings. The van der Waals surface area contributed by atoms with Crippen LogP contribution in [0.5, 0.6) is 0 Å². The van der Waals surface area contributed by atoms with Crippen LogP contribution in [0.1, 0.15) is 15.9 Å². The van der Waals surface area contributed by atoms with Crippen LogP contribution >= 0.6 is 11.6 Å². The van der Waals surface area contributed by atoms with Crippen molar-refractivity contribution in [3.8, 4) is 0 Å². The molecule has 0 aliphatic rings. The van der Waals surface area contributed by atoms with Crippen LogP contribution in [0.2, 0.25) is 5.02 Å². The lowest BCUT2D eigenvalue weighted by Gasteiger charge is -2.01. The Morgan fingerprint density at radius 1 is 1.19 bits per heavy atom. The molecule has 0 saturated carbocycles. The summed E-state index contributed by atoms with van der Waals surface area (Å²) < 4.78 is 13.3. The zero-order valence-electron chi connectivity index (χ0n) is 8.15. The van der Waals surface area contributed by atoms with Crippen LogP contribution in [0, 0.1) is 5.82 Å². The molecule has 0 bridgehead atoms. The molecule has 16 heavy (non-hydrogen) atoms. The highest BCUT2D eigenvalue weighted by molar-refractivity contribution is 6.30. The minimum absolute atomic E-state index is 0.0114. The van der Waals surface area contributed by atoms with Crippen molar-refractivity contribution in [1.29, 1.82) is 0 Å². The molecule has 0 radical (unpaired) electrons. The van der Waals surface area contributed by atoms with Crippen molar-refractivity contribution in [2.75, 3.05) is 0 Å². The van der Waals surface area contributed by atoms with Gasteiger partial charge < -0.3 is 0 Å². The van der Waals surface area contributed by atoms with E-state index in [2.05, 4.69) is 4.98 Å². The molecule has 0 amide bonds. The lowest BCUT2D eigenvalue weighted by molar-refractivity contribution is 0.103. The second-order valence-corrected chi connectivity index (χ2v) is 3.63. The van der Waals surface area contributed by atoms with Crippen LogP contribution in [0.4, 0.5) is 4.39 Å². The minimum atomic E-state index is -0.623. The van der Waals surface area contributed by atoms with Crippen molar-refractivity contribution in [3.05, 3.63) is 64.7 Å². The summed E-state index contributed by atoms with van der Waals surface area (Å²) in [6, 6.07) is 7.66. The summed E-state index contributed by atoms with van der Waals surface area (Å²) in [5.74, 6) is -1.00. The highest BCUT2D eigenvalue weighted by atomic mass is 35.5. The van der Waals surface area contributed by atoms with Crippen LogP contribution in [-0.2, 0) is 0 Å². The van der Waals surface area contributed by atoms with Crippen molar-refractivity contribution < 1.29 is 9.18 Å². The SMILES string of the molecule is O=C(c1ccc(Cl)cc1)c1ccncc1F. The number of halogens is 2. The highest BCUT2D eigenvalue weighted by Gasteiger charge is 2.13. The summed E-state index contributed by atoms with van der Waals surface area (Å²) in [5.41, 5.74) is 0.409. The van der Waals surface area contributed by atoms with Gasteiger partial charge in [0.05, 0.1) is 11.8 Å². The fourth-order valence-corrected chi connectivity index (χ4v) is 1.44. The predicted octanol–water partition coefficient (Wildman–Crippen LogP) is 3.11. The molecule has 1 aromatic carbocycles. The summed E-state index contributed by atoms with van der Waals surface area (Å²) in [4.78, 5) is 15.5. The number of rotatable bonds is 2. The first-order valence-electron chi connectivity index (χ1n) is 4.58. The Kier molecular flexibility index (Phi) is 2.97. The van der Waals surface area contributed by atoms with Gasteiger partial charge in [0.15, 0.2) is 11.6 Å². The largest absolute Gasteiger partial charge is 0.288 e. The molecule has 4 heteroatoms. The third-order valence-corrected chi connectivity index (χ3v) is 2.38. The molecule has 0 unspecified atom stereocenters. The number of aromatic nitrogens is 1. The molecule has 0 saturated heterocycles. The Balaban J connectivity index is 2.40. The van der Waals surface area contributed by atoms with E-state index >= 15 is 0 Å². The van der Waals surface area contributed by atoms with Crippen LogP contribution in [0.25, 0.3) is 0 Å². The zero-order valence-corrected chi connectivity index (χ0v) is 8.91. The van der Waals surface area contributed by atoms with E-state index in [9.17, 15) is 9.18 Å². The van der Waals surface area contributed by atoms with Gasteiger partial charge in [0, 0.05) is 16.8 Å². The Labute approximate surface area is 96.7 Å². The lowest BCUT2D eigenvalue weighted by atomic mass is 10.0. The molecule has 80 valence electrons. The average Bonchev–Trinajstić information content (AvgIpc) is 2.30. The van der Waals surface area contributed by atoms with Crippen LogP contribution in [0.3, 0.4) is 0 Å². The molecule has 0 atom stereocenters. The number of pyridine rings is 1. The van der Waals surface area contributed by atoms with Crippen LogP contribution in [-0.4, -0.2) is 10.8 Å². The van der Waals surface area contributed by atoms with Gasteiger partial charge in [-0.15, -0.1) is 0 Å². The predicted molar refractivity (Wildman–Crippen MR) is 59.1 cm³/mol. The fraction of sp³-hybridized carbons (Fsp3) is 0. The fourth-order valence-electron chi connectivity index (χ4n) is 1.32. The molecule has 1 aromatic heterocycles. The molecule has 0 fully saturated rings. The summed E-state index contributed by atoms with van der Waals surface area (Å²) in [7, 11) is 0. The van der Waals surface area contributed by atoms with Gasteiger partial charge in [0.1, 0.15) is 0 Å². The van der Waals surface area contributed by atoms with Crippen molar-refractivity contribution in [2.24, 2.45) is 0 Å². The van der Waals surface area contributed by atoms with E-state index in [1.165, 1.54) is 12.3 Å². The number of nitrogens with zero attached hydrogens (tertiary/aromatic N) is 1. The van der Waals surface area contributed by atoms with Gasteiger partial charge >= 0.3 is 0 Å². The third kappa shape index (κ3) is 2.09. The second-order valence-electron chi connectivity index (χ2n) is 3.19. The maximum Gasteiger partial charge on any atom is 0.196 e. The van der Waals surface area contributed by atoms with Gasteiger partial charge in [0.25, 0.3) is 0 Å². The van der Waals surface area contributed by atoms with E-state index < -0.39 is 5.82 Å². The number of benzene rings is 1. The van der Waals surface area contributed by atoms with Crippen LogP contribution < -0.4 is 0 Å². The normalized spacial score (nSPS) is 10.1. The monoisotopic (exact) mass is 235 g/mol. The third-order valence-electron chi connectivity index (χ3n) is 2.12. The molecule has 1 heterocycles. The van der Waals surface area contributed by atoms with E-state index in [-0.39, 0.29) is 11.3 Å². The summed E-state index contributed by atoms with van der Waals surface area (Å²) in [6.45, 7) is 0. The number of carbonyl (C=O) groups excluding carboxylic acids is 1. The molecule has 0 N–H and O–H groups in total. The Morgan fingerprint density at radius 3 is 2.50 bits per heavy atom. The van der Waals surface area contributed by atoms with Gasteiger partial charge in [0.2, 0.25) is 0 Å². The quantitative estimate of drug-likeness (QED) is 0.749. The van der Waals surface area contributed by atoms with Gasteiger partial charge in [-0.05, 0) is 30.3 Å². The summed E-state index contributed by atoms with van der Waals surface area (Å²) in [5, 5.41) is 0.534. The number of hydrogen-bond acceptors (Lipinski definition) is 2. The standard InChI is InChI=1S/C12H7ClFNO/c13-9-3-1-8(2-4-9)12(16)10-5-6-15-7-11(10)14/h1-7H. The molecule has 2 rings (SSSR count). The maximum atomic E-state index is 13.3. The maximum absolute atomic E-state index is 13.3. The van der Waals surface area contributed by atoms with Gasteiger partial charge in [-0.25, -0.2) is 4.39 Å². The molecule has 2 nitrogen and oxygen atoms in total. The Morgan fingerprint density at radius 2 is 1.88 bits per heavy atom. The van der Waals surface area contributed by atoms with E-state index in [1.54, 1.807) is 24.3 Å². The minimum Gasteiger partial charge on any atom is -0.288 e. The molecular formula is C12H7ClFNO. The first-order chi connectivity index (χ1) is 7.68. The molecular weight excluding hydrogens is 229 g/mol. The van der Waals surface area contributed by atoms with Gasteiger partial charge in [-0.2, -0.15) is 0 Å². The first-order valence-corrected chi connectivity index (χ1v) is 4.96. The zero-order chi connectivity index (χ0) is 11.5. The van der Waals surface area contributed by atoms with Crippen molar-refractivity contribution in [3.63, 3.8) is 0 Å². The molecule has 0 aliphatic heterocycles. The van der Waals surface area contributed by atoms with Gasteiger partial charge in [-0.3, -0.25) is 9.78 Å². The van der Waals surface area contributed by atoms with E-state index in [1.807, 2.05) is 0 Å². The van der Waals surface area contributed by atoms with Crippen molar-refractivity contribution in [1.82, 2.24) is 4.98 Å². The number of carbonyl (C=O) groups is 1. The van der Waals surface area contributed by atoms with Crippen molar-refractivity contribution >= 4 is 17.4 Å². The smallest absolute Gasteiger partial charge is 0.196 e. The summed E-state index contributed by atoms with van der Waals surface area (Å²) >= 11 is 5.70. The van der Waals surface area contributed by atoms with E-state index in [0.717, 1.165) is 6.20 Å². The Hall–Kier alpha value is -1.74. The Bertz CT molecular complexity index is 525. The molecule has 0 aliphatic carbocycles. The summed E-state index contributed by atoms with van der Waals surface area (Å²) in [6.07, 6.45) is 2.40. The van der Waals surface area contributed by atoms with E-state index in [4.69, 9.17) is 11.6 Å². The lowest BCUT2D eigenvalue weighted by Crippen LogP contribution is -2.04. The number of ketones is 1. The molecule has 0 spiro atoms. The average molecular weight is 236 g/mol.